The lowest BCUT2D eigenvalue weighted by atomic mass is 10.1. The Bertz CT molecular complexity index is 564. The number of furan rings is 1. The lowest BCUT2D eigenvalue weighted by Crippen LogP contribution is -2.08. The number of hydrogen-bond acceptors (Lipinski definition) is 4. The molecule has 1 N–H and O–H groups in total. The maximum Gasteiger partial charge on any atom is 0.339 e. The summed E-state index contributed by atoms with van der Waals surface area (Å²) in [5, 5.41) is 9.02. The van der Waals surface area contributed by atoms with Crippen LogP contribution in [-0.4, -0.2) is 21.0 Å². The molecule has 0 radical (unpaired) electrons. The summed E-state index contributed by atoms with van der Waals surface area (Å²) in [6, 6.07) is 1.81. The van der Waals surface area contributed by atoms with Gasteiger partial charge in [0.1, 0.15) is 5.56 Å². The Morgan fingerprint density at radius 1 is 1.24 bits per heavy atom. The molecule has 5 nitrogen and oxygen atoms in total. The molecule has 0 aliphatic heterocycles. The van der Waals surface area contributed by atoms with E-state index in [1.807, 2.05) is 13.0 Å². The molecule has 0 aliphatic carbocycles. The number of carbonyl (C=O) groups is 1. The summed E-state index contributed by atoms with van der Waals surface area (Å²) < 4.78 is 5.29. The second-order valence-electron chi connectivity index (χ2n) is 3.83. The van der Waals surface area contributed by atoms with E-state index in [1.165, 1.54) is 0 Å². The normalized spacial score (nSPS) is 10.5. The van der Waals surface area contributed by atoms with Crippen LogP contribution in [0.5, 0.6) is 0 Å². The smallest absolute Gasteiger partial charge is 0.339 e. The van der Waals surface area contributed by atoms with Crippen LogP contribution in [0.3, 0.4) is 0 Å². The van der Waals surface area contributed by atoms with Crippen molar-refractivity contribution in [3.63, 3.8) is 0 Å². The summed E-state index contributed by atoms with van der Waals surface area (Å²) in [7, 11) is 0. The van der Waals surface area contributed by atoms with E-state index in [-0.39, 0.29) is 5.56 Å². The van der Waals surface area contributed by atoms with Crippen LogP contribution < -0.4 is 0 Å². The molecule has 17 heavy (non-hydrogen) atoms. The van der Waals surface area contributed by atoms with Crippen molar-refractivity contribution in [2.24, 2.45) is 0 Å². The molecule has 2 aromatic heterocycles. The van der Waals surface area contributed by atoms with E-state index in [9.17, 15) is 4.79 Å². The Hall–Kier alpha value is -2.17. The fourth-order valence-corrected chi connectivity index (χ4v) is 1.73. The molecule has 5 heteroatoms. The fraction of sp³-hybridized carbons (Fsp3) is 0.250. The highest BCUT2D eigenvalue weighted by Crippen LogP contribution is 2.22. The predicted molar refractivity (Wildman–Crippen MR) is 60.9 cm³/mol. The van der Waals surface area contributed by atoms with Crippen molar-refractivity contribution >= 4 is 5.97 Å². The monoisotopic (exact) mass is 232 g/mol. The minimum Gasteiger partial charge on any atom is -0.478 e. The number of rotatable bonds is 2. The third kappa shape index (κ3) is 1.91. The van der Waals surface area contributed by atoms with Crippen LogP contribution in [0.15, 0.2) is 16.7 Å². The van der Waals surface area contributed by atoms with Gasteiger partial charge in [0.15, 0.2) is 11.6 Å². The number of aryl methyl sites for hydroxylation is 3. The zero-order chi connectivity index (χ0) is 12.6. The summed E-state index contributed by atoms with van der Waals surface area (Å²) in [6.07, 6.45) is 1.56. The summed E-state index contributed by atoms with van der Waals surface area (Å²) in [5.41, 5.74) is 1.96. The molecule has 0 aliphatic rings. The third-order valence-electron chi connectivity index (χ3n) is 2.55. The summed E-state index contributed by atoms with van der Waals surface area (Å²) >= 11 is 0. The van der Waals surface area contributed by atoms with Crippen molar-refractivity contribution in [3.8, 4) is 11.6 Å². The standard InChI is InChI=1S/C12H12N2O3/c1-6-4-5-17-10(6)11-13-7(2)9(12(15)16)8(3)14-11/h4-5H,1-3H3,(H,15,16). The minimum absolute atomic E-state index is 0.151. The van der Waals surface area contributed by atoms with Gasteiger partial charge in [-0.05, 0) is 32.4 Å². The molecule has 0 spiro atoms. The van der Waals surface area contributed by atoms with Gasteiger partial charge >= 0.3 is 5.97 Å². The Balaban J connectivity index is 2.61. The van der Waals surface area contributed by atoms with Gasteiger partial charge in [-0.1, -0.05) is 0 Å². The number of carboxylic acids is 1. The van der Waals surface area contributed by atoms with Gasteiger partial charge in [0.2, 0.25) is 0 Å². The van der Waals surface area contributed by atoms with E-state index in [4.69, 9.17) is 9.52 Å². The van der Waals surface area contributed by atoms with Gasteiger partial charge in [-0.2, -0.15) is 0 Å². The quantitative estimate of drug-likeness (QED) is 0.860. The summed E-state index contributed by atoms with van der Waals surface area (Å²) in [6.45, 7) is 5.19. The van der Waals surface area contributed by atoms with Crippen LogP contribution in [0.4, 0.5) is 0 Å². The molecule has 2 rings (SSSR count). The highest BCUT2D eigenvalue weighted by molar-refractivity contribution is 5.90. The zero-order valence-electron chi connectivity index (χ0n) is 9.81. The van der Waals surface area contributed by atoms with E-state index < -0.39 is 5.97 Å². The lowest BCUT2D eigenvalue weighted by Gasteiger charge is -2.06. The van der Waals surface area contributed by atoms with Gasteiger partial charge in [-0.3, -0.25) is 0 Å². The Kier molecular flexibility index (Phi) is 2.67. The van der Waals surface area contributed by atoms with Crippen LogP contribution in [0.1, 0.15) is 27.3 Å². The molecule has 88 valence electrons. The molecule has 0 unspecified atom stereocenters. The Labute approximate surface area is 98.1 Å². The van der Waals surface area contributed by atoms with E-state index >= 15 is 0 Å². The Morgan fingerprint density at radius 2 is 1.82 bits per heavy atom. The van der Waals surface area contributed by atoms with E-state index in [0.717, 1.165) is 5.56 Å². The van der Waals surface area contributed by atoms with Crippen molar-refractivity contribution in [2.45, 2.75) is 20.8 Å². The van der Waals surface area contributed by atoms with Crippen LogP contribution in [0.25, 0.3) is 11.6 Å². The molecule has 0 saturated carbocycles. The van der Waals surface area contributed by atoms with Gasteiger partial charge in [0.25, 0.3) is 0 Å². The highest BCUT2D eigenvalue weighted by Gasteiger charge is 2.17. The molecular weight excluding hydrogens is 220 g/mol. The summed E-state index contributed by atoms with van der Waals surface area (Å²) in [5.74, 6) is -0.0108. The zero-order valence-corrected chi connectivity index (χ0v) is 9.81. The summed E-state index contributed by atoms with van der Waals surface area (Å²) in [4.78, 5) is 19.3. The van der Waals surface area contributed by atoms with E-state index in [0.29, 0.717) is 23.0 Å². The number of nitrogens with zero attached hydrogens (tertiary/aromatic N) is 2. The number of aromatic nitrogens is 2. The molecule has 0 fully saturated rings. The molecule has 0 amide bonds. The molecule has 0 atom stereocenters. The molecule has 0 aromatic carbocycles. The lowest BCUT2D eigenvalue weighted by molar-refractivity contribution is 0.0694. The largest absolute Gasteiger partial charge is 0.478 e. The topological polar surface area (TPSA) is 76.2 Å². The van der Waals surface area contributed by atoms with Gasteiger partial charge in [-0.15, -0.1) is 0 Å². The number of aromatic carboxylic acids is 1. The predicted octanol–water partition coefficient (Wildman–Crippen LogP) is 2.36. The third-order valence-corrected chi connectivity index (χ3v) is 2.55. The second kappa shape index (κ2) is 4.01. The number of carboxylic acid groups (broad SMARTS) is 1. The minimum atomic E-state index is -1.01. The first-order chi connectivity index (χ1) is 8.00. The second-order valence-corrected chi connectivity index (χ2v) is 3.83. The van der Waals surface area contributed by atoms with Crippen LogP contribution >= 0.6 is 0 Å². The van der Waals surface area contributed by atoms with Crippen LogP contribution in [0, 0.1) is 20.8 Å². The maximum atomic E-state index is 11.0. The van der Waals surface area contributed by atoms with Crippen LogP contribution in [0.2, 0.25) is 0 Å². The van der Waals surface area contributed by atoms with Gasteiger partial charge < -0.3 is 9.52 Å². The van der Waals surface area contributed by atoms with Crippen molar-refractivity contribution in [1.82, 2.24) is 9.97 Å². The van der Waals surface area contributed by atoms with Crippen LogP contribution in [-0.2, 0) is 0 Å². The molecule has 0 bridgehead atoms. The fourth-order valence-electron chi connectivity index (χ4n) is 1.73. The highest BCUT2D eigenvalue weighted by atomic mass is 16.4. The van der Waals surface area contributed by atoms with Crippen molar-refractivity contribution in [3.05, 3.63) is 34.8 Å². The maximum absolute atomic E-state index is 11.0. The van der Waals surface area contributed by atoms with E-state index in [1.54, 1.807) is 20.1 Å². The molecular formula is C12H12N2O3. The van der Waals surface area contributed by atoms with Gasteiger partial charge in [0.05, 0.1) is 17.7 Å². The first-order valence-electron chi connectivity index (χ1n) is 5.13. The van der Waals surface area contributed by atoms with Gasteiger partial charge in [-0.25, -0.2) is 14.8 Å². The first-order valence-corrected chi connectivity index (χ1v) is 5.13. The van der Waals surface area contributed by atoms with Crippen molar-refractivity contribution in [2.75, 3.05) is 0 Å². The molecule has 0 saturated heterocycles. The first kappa shape index (κ1) is 11.3. The molecule has 2 aromatic rings. The van der Waals surface area contributed by atoms with E-state index in [2.05, 4.69) is 9.97 Å². The SMILES string of the molecule is Cc1ccoc1-c1nc(C)c(C(=O)O)c(C)n1. The average Bonchev–Trinajstić information content (AvgIpc) is 2.62. The average molecular weight is 232 g/mol. The Morgan fingerprint density at radius 3 is 2.24 bits per heavy atom. The van der Waals surface area contributed by atoms with Crippen molar-refractivity contribution in [1.29, 1.82) is 0 Å². The van der Waals surface area contributed by atoms with Crippen molar-refractivity contribution < 1.29 is 14.3 Å². The van der Waals surface area contributed by atoms with Gasteiger partial charge in [0, 0.05) is 0 Å². The molecule has 2 heterocycles. The number of hydrogen-bond donors (Lipinski definition) is 1.